The lowest BCUT2D eigenvalue weighted by Crippen LogP contribution is -2.52. The summed E-state index contributed by atoms with van der Waals surface area (Å²) in [4.78, 5) is 27.8. The number of hydrogen-bond acceptors (Lipinski definition) is 4. The molecule has 1 N–H and O–H groups in total. The van der Waals surface area contributed by atoms with E-state index in [0.717, 1.165) is 22.5 Å². The summed E-state index contributed by atoms with van der Waals surface area (Å²) in [5, 5.41) is 3.32. The standard InChI is InChI=1S/C23H29Cl2N3O4S/c1-4-11-26-23(30)21(5-2)27(15-17-9-7-6-8-10-17)22(29)16-28(33(3,31)32)20-13-18(24)12-19(25)14-20/h6-10,12-14,21H,4-5,11,15-16H2,1-3H3,(H,26,30)/t21-/m1/s1. The topological polar surface area (TPSA) is 86.8 Å². The highest BCUT2D eigenvalue weighted by Gasteiger charge is 2.31. The molecular formula is C23H29Cl2N3O4S. The van der Waals surface area contributed by atoms with Crippen molar-refractivity contribution in [2.45, 2.75) is 39.3 Å². The molecule has 2 aromatic carbocycles. The number of rotatable bonds is 11. The highest BCUT2D eigenvalue weighted by atomic mass is 35.5. The zero-order chi connectivity index (χ0) is 24.6. The van der Waals surface area contributed by atoms with E-state index < -0.39 is 28.5 Å². The Morgan fingerprint density at radius 1 is 1.03 bits per heavy atom. The van der Waals surface area contributed by atoms with Gasteiger partial charge < -0.3 is 10.2 Å². The van der Waals surface area contributed by atoms with Gasteiger partial charge in [-0.3, -0.25) is 13.9 Å². The Morgan fingerprint density at radius 3 is 2.15 bits per heavy atom. The average Bonchev–Trinajstić information content (AvgIpc) is 2.74. The quantitative estimate of drug-likeness (QED) is 0.490. The minimum absolute atomic E-state index is 0.158. The normalized spacial score (nSPS) is 12.2. The molecule has 2 aromatic rings. The molecule has 180 valence electrons. The first kappa shape index (κ1) is 27.0. The molecule has 0 saturated heterocycles. The molecule has 0 fully saturated rings. The van der Waals surface area contributed by atoms with Gasteiger partial charge in [-0.1, -0.05) is 67.4 Å². The predicted molar refractivity (Wildman–Crippen MR) is 133 cm³/mol. The van der Waals surface area contributed by atoms with Crippen molar-refractivity contribution in [2.24, 2.45) is 0 Å². The third kappa shape index (κ3) is 7.91. The number of anilines is 1. The summed E-state index contributed by atoms with van der Waals surface area (Å²) >= 11 is 12.1. The summed E-state index contributed by atoms with van der Waals surface area (Å²) in [6.07, 6.45) is 2.13. The highest BCUT2D eigenvalue weighted by molar-refractivity contribution is 7.92. The van der Waals surface area contributed by atoms with Crippen molar-refractivity contribution in [3.8, 4) is 0 Å². The zero-order valence-corrected chi connectivity index (χ0v) is 21.3. The van der Waals surface area contributed by atoms with Crippen molar-refractivity contribution < 1.29 is 18.0 Å². The molecule has 0 spiro atoms. The average molecular weight is 514 g/mol. The molecule has 1 atom stereocenters. The van der Waals surface area contributed by atoms with Crippen molar-refractivity contribution in [1.29, 1.82) is 0 Å². The molecule has 0 saturated carbocycles. The number of nitrogens with zero attached hydrogens (tertiary/aromatic N) is 2. The third-order valence-electron chi connectivity index (χ3n) is 4.95. The Kier molecular flexibility index (Phi) is 10.0. The van der Waals surface area contributed by atoms with Gasteiger partial charge in [0.25, 0.3) is 0 Å². The molecule has 7 nitrogen and oxygen atoms in total. The Hall–Kier alpha value is -2.29. The van der Waals surface area contributed by atoms with Crippen LogP contribution >= 0.6 is 23.2 Å². The van der Waals surface area contributed by atoms with Crippen molar-refractivity contribution >= 4 is 50.7 Å². The van der Waals surface area contributed by atoms with Gasteiger partial charge in [-0.05, 0) is 36.6 Å². The first-order valence-electron chi connectivity index (χ1n) is 10.6. The Morgan fingerprint density at radius 2 is 1.64 bits per heavy atom. The fourth-order valence-corrected chi connectivity index (χ4v) is 4.71. The fourth-order valence-electron chi connectivity index (χ4n) is 3.36. The number of hydrogen-bond donors (Lipinski definition) is 1. The molecule has 0 radical (unpaired) electrons. The van der Waals surface area contributed by atoms with Gasteiger partial charge in [-0.25, -0.2) is 8.42 Å². The molecule has 2 rings (SSSR count). The molecule has 0 bridgehead atoms. The molecule has 0 aliphatic carbocycles. The van der Waals surface area contributed by atoms with Crippen LogP contribution in [0.1, 0.15) is 32.3 Å². The number of sulfonamides is 1. The minimum Gasteiger partial charge on any atom is -0.354 e. The number of carbonyl (C=O) groups excluding carboxylic acids is 2. The summed E-state index contributed by atoms with van der Waals surface area (Å²) < 4.78 is 26.1. The van der Waals surface area contributed by atoms with Crippen molar-refractivity contribution in [3.63, 3.8) is 0 Å². The van der Waals surface area contributed by atoms with Crippen LogP contribution in [0.4, 0.5) is 5.69 Å². The highest BCUT2D eigenvalue weighted by Crippen LogP contribution is 2.27. The minimum atomic E-state index is -3.85. The summed E-state index contributed by atoms with van der Waals surface area (Å²) in [6.45, 7) is 3.89. The van der Waals surface area contributed by atoms with E-state index in [1.54, 1.807) is 0 Å². The first-order valence-corrected chi connectivity index (χ1v) is 13.2. The largest absolute Gasteiger partial charge is 0.354 e. The van der Waals surface area contributed by atoms with E-state index in [1.807, 2.05) is 44.2 Å². The van der Waals surface area contributed by atoms with E-state index in [9.17, 15) is 18.0 Å². The maximum Gasteiger partial charge on any atom is 0.244 e. The van der Waals surface area contributed by atoms with Crippen LogP contribution in [0, 0.1) is 0 Å². The van der Waals surface area contributed by atoms with Gasteiger partial charge in [-0.2, -0.15) is 0 Å². The number of carbonyl (C=O) groups is 2. The first-order chi connectivity index (χ1) is 15.6. The lowest BCUT2D eigenvalue weighted by molar-refractivity contribution is -0.140. The monoisotopic (exact) mass is 513 g/mol. The second kappa shape index (κ2) is 12.3. The van der Waals surface area contributed by atoms with Crippen LogP contribution in [-0.4, -0.2) is 50.5 Å². The van der Waals surface area contributed by atoms with E-state index >= 15 is 0 Å². The molecule has 0 unspecified atom stereocenters. The van der Waals surface area contributed by atoms with Crippen LogP contribution < -0.4 is 9.62 Å². The van der Waals surface area contributed by atoms with Gasteiger partial charge in [0.05, 0.1) is 11.9 Å². The van der Waals surface area contributed by atoms with Crippen LogP contribution in [-0.2, 0) is 26.2 Å². The Bertz CT molecular complexity index is 1040. The van der Waals surface area contributed by atoms with Crippen LogP contribution in [0.5, 0.6) is 0 Å². The third-order valence-corrected chi connectivity index (χ3v) is 6.52. The van der Waals surface area contributed by atoms with E-state index in [2.05, 4.69) is 5.32 Å². The maximum atomic E-state index is 13.5. The van der Waals surface area contributed by atoms with Crippen molar-refractivity contribution in [2.75, 3.05) is 23.7 Å². The molecule has 0 aliphatic heterocycles. The van der Waals surface area contributed by atoms with Crippen LogP contribution in [0.3, 0.4) is 0 Å². The molecule has 0 heterocycles. The second-order valence-electron chi connectivity index (χ2n) is 7.62. The summed E-state index contributed by atoms with van der Waals surface area (Å²) in [5.41, 5.74) is 0.996. The van der Waals surface area contributed by atoms with Crippen LogP contribution in [0.15, 0.2) is 48.5 Å². The van der Waals surface area contributed by atoms with Gasteiger partial charge in [0.1, 0.15) is 12.6 Å². The molecule has 10 heteroatoms. The fraction of sp³-hybridized carbons (Fsp3) is 0.391. The van der Waals surface area contributed by atoms with Gasteiger partial charge >= 0.3 is 0 Å². The number of halogens is 2. The van der Waals surface area contributed by atoms with Gasteiger partial charge in [-0.15, -0.1) is 0 Å². The van der Waals surface area contributed by atoms with Crippen molar-refractivity contribution in [3.05, 3.63) is 64.1 Å². The molecular weight excluding hydrogens is 485 g/mol. The van der Waals surface area contributed by atoms with Crippen LogP contribution in [0.25, 0.3) is 0 Å². The molecule has 2 amide bonds. The second-order valence-corrected chi connectivity index (χ2v) is 10.4. The summed E-state index contributed by atoms with van der Waals surface area (Å²) in [6, 6.07) is 12.8. The zero-order valence-electron chi connectivity index (χ0n) is 18.9. The Labute approximate surface area is 205 Å². The SMILES string of the molecule is CCCNC(=O)[C@@H](CC)N(Cc1ccccc1)C(=O)CN(c1cc(Cl)cc(Cl)c1)S(C)(=O)=O. The van der Waals surface area contributed by atoms with Crippen molar-refractivity contribution in [1.82, 2.24) is 10.2 Å². The van der Waals surface area contributed by atoms with Gasteiger partial charge in [0.2, 0.25) is 21.8 Å². The maximum absolute atomic E-state index is 13.5. The summed E-state index contributed by atoms with van der Waals surface area (Å²) in [5.74, 6) is -0.792. The van der Waals surface area contributed by atoms with E-state index in [4.69, 9.17) is 23.2 Å². The lowest BCUT2D eigenvalue weighted by atomic mass is 10.1. The number of nitrogens with one attached hydrogen (secondary N) is 1. The van der Waals surface area contributed by atoms with Crippen LogP contribution in [0.2, 0.25) is 10.0 Å². The number of benzene rings is 2. The molecule has 0 aliphatic rings. The van der Waals surface area contributed by atoms with Gasteiger partial charge in [0, 0.05) is 23.1 Å². The summed E-state index contributed by atoms with van der Waals surface area (Å²) in [7, 11) is -3.85. The van der Waals surface area contributed by atoms with E-state index in [0.29, 0.717) is 13.0 Å². The smallest absolute Gasteiger partial charge is 0.244 e. The van der Waals surface area contributed by atoms with E-state index in [-0.39, 0.29) is 28.2 Å². The number of amides is 2. The lowest BCUT2D eigenvalue weighted by Gasteiger charge is -2.33. The predicted octanol–water partition coefficient (Wildman–Crippen LogP) is 4.09. The van der Waals surface area contributed by atoms with Gasteiger partial charge in [0.15, 0.2) is 0 Å². The molecule has 33 heavy (non-hydrogen) atoms. The molecule has 0 aromatic heterocycles. The van der Waals surface area contributed by atoms with E-state index in [1.165, 1.54) is 23.1 Å². The Balaban J connectivity index is 2.42.